The molecule has 136 valence electrons. The number of nitrogens with zero attached hydrogens (tertiary/aromatic N) is 1. The van der Waals surface area contributed by atoms with E-state index in [0.717, 1.165) is 0 Å². The summed E-state index contributed by atoms with van der Waals surface area (Å²) in [6.45, 7) is 1.78. The first-order valence-corrected chi connectivity index (χ1v) is 9.59. The van der Waals surface area contributed by atoms with E-state index >= 15 is 0 Å². The van der Waals surface area contributed by atoms with Gasteiger partial charge in [-0.3, -0.25) is 18.8 Å². The summed E-state index contributed by atoms with van der Waals surface area (Å²) >= 11 is 0. The molecule has 0 spiro atoms. The molecule has 1 aromatic rings. The van der Waals surface area contributed by atoms with Crippen LogP contribution in [0.4, 0.5) is 14.9 Å². The molecular weight excluding hydrogens is 351 g/mol. The zero-order valence-corrected chi connectivity index (χ0v) is 14.4. The van der Waals surface area contributed by atoms with Crippen molar-refractivity contribution in [1.29, 1.82) is 0 Å². The van der Waals surface area contributed by atoms with E-state index in [0.29, 0.717) is 16.8 Å². The zero-order chi connectivity index (χ0) is 18.2. The van der Waals surface area contributed by atoms with E-state index in [9.17, 15) is 23.1 Å². The lowest BCUT2D eigenvalue weighted by Gasteiger charge is -2.26. The smallest absolute Gasteiger partial charge is 0.414 e. The van der Waals surface area contributed by atoms with Crippen LogP contribution >= 0.6 is 10.6 Å². The maximum atomic E-state index is 14.5. The Balaban J connectivity index is 1.73. The Morgan fingerprint density at radius 3 is 2.84 bits per heavy atom. The average Bonchev–Trinajstić information content (AvgIpc) is 3.07. The summed E-state index contributed by atoms with van der Waals surface area (Å²) in [6, 6.07) is 4.33. The van der Waals surface area contributed by atoms with Crippen LogP contribution in [0.1, 0.15) is 12.5 Å². The predicted molar refractivity (Wildman–Crippen MR) is 93.3 cm³/mol. The molecule has 1 saturated heterocycles. The lowest BCUT2D eigenvalue weighted by molar-refractivity contribution is -0.119. The quantitative estimate of drug-likeness (QED) is 0.756. The lowest BCUT2D eigenvalue weighted by atomic mass is 10.1. The van der Waals surface area contributed by atoms with Crippen LogP contribution < -0.4 is 10.2 Å². The first-order chi connectivity index (χ1) is 11.7. The monoisotopic (exact) mass is 370 g/mol. The molecule has 0 aliphatic carbocycles. The van der Waals surface area contributed by atoms with Gasteiger partial charge in [-0.1, -0.05) is 6.08 Å². The SMILES string of the molecule is CC(=O)NCC1CN(c2ccc(C3=CCS(O)(O)C3)c(F)c2)C(=O)O1. The molecule has 1 atom stereocenters. The first kappa shape index (κ1) is 17.7. The third-order valence-corrected chi connectivity index (χ3v) is 5.52. The van der Waals surface area contributed by atoms with Gasteiger partial charge in [-0.05, 0) is 23.8 Å². The summed E-state index contributed by atoms with van der Waals surface area (Å²) in [5, 5.41) is 2.58. The number of cyclic esters (lactones) is 1. The number of carbonyl (C=O) groups is 2. The first-order valence-electron chi connectivity index (χ1n) is 7.70. The number of benzene rings is 1. The van der Waals surface area contributed by atoms with Crippen LogP contribution in [0, 0.1) is 5.82 Å². The van der Waals surface area contributed by atoms with Crippen molar-refractivity contribution in [3.05, 3.63) is 35.7 Å². The Bertz CT molecular complexity index is 752. The molecule has 2 heterocycles. The summed E-state index contributed by atoms with van der Waals surface area (Å²) in [5.41, 5.74) is 1.20. The Kier molecular flexibility index (Phi) is 4.72. The van der Waals surface area contributed by atoms with Gasteiger partial charge in [0.05, 0.1) is 30.3 Å². The van der Waals surface area contributed by atoms with Crippen LogP contribution in [0.5, 0.6) is 0 Å². The van der Waals surface area contributed by atoms with E-state index < -0.39 is 28.6 Å². The molecule has 1 fully saturated rings. The number of hydrogen-bond acceptors (Lipinski definition) is 5. The summed E-state index contributed by atoms with van der Waals surface area (Å²) in [5.74, 6) is -0.597. The minimum atomic E-state index is -2.69. The van der Waals surface area contributed by atoms with Gasteiger partial charge in [0.25, 0.3) is 0 Å². The molecule has 1 unspecified atom stereocenters. The van der Waals surface area contributed by atoms with Crippen molar-refractivity contribution in [2.45, 2.75) is 13.0 Å². The highest BCUT2D eigenvalue weighted by atomic mass is 32.3. The van der Waals surface area contributed by atoms with Gasteiger partial charge in [0.15, 0.2) is 0 Å². The van der Waals surface area contributed by atoms with Gasteiger partial charge < -0.3 is 10.1 Å². The third kappa shape index (κ3) is 3.94. The fraction of sp³-hybridized carbons (Fsp3) is 0.375. The summed E-state index contributed by atoms with van der Waals surface area (Å²) in [4.78, 5) is 24.2. The molecule has 2 aliphatic heterocycles. The molecular formula is C16H19FN2O5S. The normalized spacial score (nSPS) is 23.2. The molecule has 0 aromatic heterocycles. The van der Waals surface area contributed by atoms with Crippen LogP contribution in [-0.2, 0) is 9.53 Å². The number of ether oxygens (including phenoxy) is 1. The van der Waals surface area contributed by atoms with E-state index in [1.54, 1.807) is 12.1 Å². The Hall–Kier alpha value is -2.10. The molecule has 9 heteroatoms. The van der Waals surface area contributed by atoms with Crippen molar-refractivity contribution in [1.82, 2.24) is 5.32 Å². The zero-order valence-electron chi connectivity index (χ0n) is 13.6. The van der Waals surface area contributed by atoms with Gasteiger partial charge in [-0.15, -0.1) is 0 Å². The molecule has 2 aliphatic rings. The van der Waals surface area contributed by atoms with Crippen molar-refractivity contribution >= 4 is 33.9 Å². The van der Waals surface area contributed by atoms with E-state index in [2.05, 4.69) is 5.32 Å². The second-order valence-electron chi connectivity index (χ2n) is 6.06. The van der Waals surface area contributed by atoms with Gasteiger partial charge in [0, 0.05) is 12.5 Å². The second kappa shape index (κ2) is 6.66. The fourth-order valence-electron chi connectivity index (χ4n) is 2.82. The van der Waals surface area contributed by atoms with Crippen LogP contribution in [0.15, 0.2) is 24.3 Å². The van der Waals surface area contributed by atoms with Gasteiger partial charge in [-0.2, -0.15) is 10.6 Å². The van der Waals surface area contributed by atoms with Gasteiger partial charge in [-0.25, -0.2) is 9.18 Å². The summed E-state index contributed by atoms with van der Waals surface area (Å²) in [7, 11) is -2.69. The molecule has 3 N–H and O–H groups in total. The Morgan fingerprint density at radius 1 is 1.48 bits per heavy atom. The minimum Gasteiger partial charge on any atom is -0.442 e. The fourth-order valence-corrected chi connectivity index (χ4v) is 4.17. The Labute approximate surface area is 145 Å². The van der Waals surface area contributed by atoms with Gasteiger partial charge in [0.2, 0.25) is 5.91 Å². The predicted octanol–water partition coefficient (Wildman–Crippen LogP) is 2.43. The highest BCUT2D eigenvalue weighted by molar-refractivity contribution is 8.25. The van der Waals surface area contributed by atoms with Crippen molar-refractivity contribution in [2.75, 3.05) is 29.5 Å². The third-order valence-electron chi connectivity index (χ3n) is 4.05. The molecule has 0 saturated carbocycles. The molecule has 0 bridgehead atoms. The van der Waals surface area contributed by atoms with E-state index in [1.165, 1.54) is 24.0 Å². The van der Waals surface area contributed by atoms with Crippen molar-refractivity contribution in [2.24, 2.45) is 0 Å². The molecule has 25 heavy (non-hydrogen) atoms. The highest BCUT2D eigenvalue weighted by Gasteiger charge is 2.33. The average molecular weight is 370 g/mol. The highest BCUT2D eigenvalue weighted by Crippen LogP contribution is 2.48. The van der Waals surface area contributed by atoms with Crippen LogP contribution in [0.2, 0.25) is 0 Å². The Morgan fingerprint density at radius 2 is 2.24 bits per heavy atom. The second-order valence-corrected chi connectivity index (χ2v) is 8.29. The van der Waals surface area contributed by atoms with E-state index in [1.807, 2.05) is 0 Å². The molecule has 3 rings (SSSR count). The van der Waals surface area contributed by atoms with Crippen molar-refractivity contribution in [3.63, 3.8) is 0 Å². The number of amides is 2. The number of rotatable bonds is 4. The number of hydrogen-bond donors (Lipinski definition) is 3. The van der Waals surface area contributed by atoms with Crippen LogP contribution in [0.3, 0.4) is 0 Å². The maximum absolute atomic E-state index is 14.5. The number of nitrogens with one attached hydrogen (secondary N) is 1. The minimum absolute atomic E-state index is 0.0355. The summed E-state index contributed by atoms with van der Waals surface area (Å²) < 4.78 is 38.9. The van der Waals surface area contributed by atoms with E-state index in [-0.39, 0.29) is 30.5 Å². The number of anilines is 1. The number of halogens is 1. The topological polar surface area (TPSA) is 99.1 Å². The van der Waals surface area contributed by atoms with Gasteiger partial charge in [0.1, 0.15) is 11.9 Å². The molecule has 0 radical (unpaired) electrons. The molecule has 7 nitrogen and oxygen atoms in total. The maximum Gasteiger partial charge on any atom is 0.414 e. The van der Waals surface area contributed by atoms with Crippen molar-refractivity contribution in [3.8, 4) is 0 Å². The van der Waals surface area contributed by atoms with Crippen LogP contribution in [-0.4, -0.2) is 51.8 Å². The van der Waals surface area contributed by atoms with E-state index in [4.69, 9.17) is 4.74 Å². The summed E-state index contributed by atoms with van der Waals surface area (Å²) in [6.07, 6.45) is 0.530. The molecule has 2 amide bonds. The van der Waals surface area contributed by atoms with Crippen molar-refractivity contribution < 1.29 is 27.8 Å². The molecule has 1 aromatic carbocycles. The standard InChI is InChI=1S/C16H19FN2O5S/c1-10(20)18-7-13-8-19(16(21)24-13)12-2-3-14(15(17)6-12)11-4-5-25(22,23)9-11/h2-4,6,13,22-23H,5,7-9H2,1H3,(H,18,20). The van der Waals surface area contributed by atoms with Crippen LogP contribution in [0.25, 0.3) is 5.57 Å². The lowest BCUT2D eigenvalue weighted by Crippen LogP contribution is -2.33. The van der Waals surface area contributed by atoms with Gasteiger partial charge >= 0.3 is 6.09 Å². The number of carbonyl (C=O) groups excluding carboxylic acids is 2. The largest absolute Gasteiger partial charge is 0.442 e.